The smallest absolute Gasteiger partial charge is 0.341 e. The summed E-state index contributed by atoms with van der Waals surface area (Å²) in [5.41, 5.74) is 0.862. The average Bonchev–Trinajstić information content (AvgIpc) is 2.53. The minimum absolute atomic E-state index is 0.181. The van der Waals surface area contributed by atoms with Gasteiger partial charge in [0.05, 0.1) is 18.6 Å². The number of urea groups is 1. The molecule has 1 aromatic carbocycles. The number of benzene rings is 1. The van der Waals surface area contributed by atoms with Gasteiger partial charge in [-0.15, -0.1) is 0 Å². The molecule has 22 heavy (non-hydrogen) atoms. The monoisotopic (exact) mass is 300 g/mol. The fourth-order valence-corrected chi connectivity index (χ4v) is 3.64. The van der Waals surface area contributed by atoms with Crippen molar-refractivity contribution in [2.75, 3.05) is 7.11 Å². The molecule has 0 bridgehead atoms. The van der Waals surface area contributed by atoms with E-state index in [4.69, 9.17) is 4.74 Å². The summed E-state index contributed by atoms with van der Waals surface area (Å²) in [5.74, 6) is 0.932. The molecular formula is C17H20N2O3. The Morgan fingerprint density at radius 1 is 1.23 bits per heavy atom. The molecule has 0 aromatic heterocycles. The number of hydrogen-bond donors (Lipinski definition) is 1. The molecule has 2 atom stereocenters. The predicted molar refractivity (Wildman–Crippen MR) is 83.3 cm³/mol. The van der Waals surface area contributed by atoms with E-state index in [1.54, 1.807) is 14.0 Å². The Labute approximate surface area is 129 Å². The van der Waals surface area contributed by atoms with Crippen LogP contribution in [0.4, 0.5) is 4.79 Å². The van der Waals surface area contributed by atoms with Crippen LogP contribution in [0, 0.1) is 5.41 Å². The average molecular weight is 300 g/mol. The summed E-state index contributed by atoms with van der Waals surface area (Å²) in [7, 11) is 1.61. The van der Waals surface area contributed by atoms with Crippen LogP contribution >= 0.6 is 0 Å². The molecule has 1 heterocycles. The second-order valence-electron chi connectivity index (χ2n) is 5.95. The molecule has 1 spiro atoms. The second-order valence-corrected chi connectivity index (χ2v) is 5.95. The van der Waals surface area contributed by atoms with E-state index in [0.29, 0.717) is 12.1 Å². The topological polar surface area (TPSA) is 67.8 Å². The molecule has 116 valence electrons. The molecule has 2 unspecified atom stereocenters. The third kappa shape index (κ3) is 2.21. The number of nitrogens with zero attached hydrogens (tertiary/aromatic N) is 1. The summed E-state index contributed by atoms with van der Waals surface area (Å²) >= 11 is 0. The van der Waals surface area contributed by atoms with Crippen molar-refractivity contribution in [3.05, 3.63) is 29.8 Å². The fourth-order valence-electron chi connectivity index (χ4n) is 3.64. The normalized spacial score (nSPS) is 28.3. The summed E-state index contributed by atoms with van der Waals surface area (Å²) in [4.78, 5) is 28.7. The van der Waals surface area contributed by atoms with Crippen LogP contribution in [0.15, 0.2) is 29.3 Å². The summed E-state index contributed by atoms with van der Waals surface area (Å²) in [6.07, 6.45) is 3.17. The van der Waals surface area contributed by atoms with Crippen molar-refractivity contribution >= 4 is 17.5 Å². The maximum Gasteiger partial charge on any atom is 0.341 e. The van der Waals surface area contributed by atoms with Crippen LogP contribution in [0.1, 0.15) is 44.2 Å². The molecule has 5 nitrogen and oxygen atoms in total. The van der Waals surface area contributed by atoms with Crippen LogP contribution in [-0.4, -0.2) is 24.6 Å². The summed E-state index contributed by atoms with van der Waals surface area (Å²) in [6.45, 7) is 1.80. The molecule has 3 rings (SSSR count). The Hall–Kier alpha value is -2.17. The zero-order valence-electron chi connectivity index (χ0n) is 12.9. The lowest BCUT2D eigenvalue weighted by Crippen LogP contribution is -2.54. The van der Waals surface area contributed by atoms with Gasteiger partial charge in [0.15, 0.2) is 0 Å². The maximum atomic E-state index is 12.7. The van der Waals surface area contributed by atoms with E-state index in [9.17, 15) is 9.59 Å². The zero-order chi connectivity index (χ0) is 15.7. The molecule has 1 aliphatic heterocycles. The molecule has 1 N–H and O–H groups in total. The molecule has 0 saturated heterocycles. The number of amides is 2. The van der Waals surface area contributed by atoms with Crippen molar-refractivity contribution in [2.24, 2.45) is 10.4 Å². The van der Waals surface area contributed by atoms with E-state index in [2.05, 4.69) is 10.3 Å². The second kappa shape index (κ2) is 5.55. The Bertz CT molecular complexity index is 636. The quantitative estimate of drug-likeness (QED) is 0.912. The largest absolute Gasteiger partial charge is 0.497 e. The highest BCUT2D eigenvalue weighted by atomic mass is 16.5. The van der Waals surface area contributed by atoms with E-state index < -0.39 is 5.41 Å². The molecule has 2 aliphatic rings. The first-order chi connectivity index (χ1) is 10.6. The van der Waals surface area contributed by atoms with Gasteiger partial charge < -0.3 is 10.1 Å². The third-order valence-corrected chi connectivity index (χ3v) is 4.85. The van der Waals surface area contributed by atoms with E-state index >= 15 is 0 Å². The Morgan fingerprint density at radius 3 is 2.59 bits per heavy atom. The molecular weight excluding hydrogens is 280 g/mol. The highest BCUT2D eigenvalue weighted by molar-refractivity contribution is 6.14. The van der Waals surface area contributed by atoms with Gasteiger partial charge in [-0.25, -0.2) is 9.79 Å². The number of carbonyl (C=O) groups excluding carboxylic acids is 2. The molecule has 1 aromatic rings. The summed E-state index contributed by atoms with van der Waals surface area (Å²) in [6, 6.07) is 6.80. The van der Waals surface area contributed by atoms with E-state index in [-0.39, 0.29) is 17.9 Å². The number of aliphatic imine (C=N–C) groups is 1. The molecule has 1 saturated carbocycles. The fraction of sp³-hybridized carbons (Fsp3) is 0.471. The highest BCUT2D eigenvalue weighted by Gasteiger charge is 2.52. The molecule has 0 radical (unpaired) electrons. The molecule has 2 amide bonds. The maximum absolute atomic E-state index is 12.7. The van der Waals surface area contributed by atoms with E-state index in [1.165, 1.54) is 0 Å². The van der Waals surface area contributed by atoms with Crippen LogP contribution in [0.5, 0.6) is 5.75 Å². The lowest BCUT2D eigenvalue weighted by Gasteiger charge is -2.44. The number of Topliss-reactive ketones (excluding diaryl/α,β-unsaturated/α-hetero) is 1. The van der Waals surface area contributed by atoms with Gasteiger partial charge in [-0.05, 0) is 37.5 Å². The van der Waals surface area contributed by atoms with Crippen molar-refractivity contribution in [2.45, 2.75) is 38.6 Å². The molecule has 5 heteroatoms. The number of hydrogen-bond acceptors (Lipinski definition) is 3. The van der Waals surface area contributed by atoms with E-state index in [1.807, 2.05) is 24.3 Å². The highest BCUT2D eigenvalue weighted by Crippen LogP contribution is 2.46. The van der Waals surface area contributed by atoms with Crippen molar-refractivity contribution in [3.63, 3.8) is 0 Å². The van der Waals surface area contributed by atoms with Gasteiger partial charge in [0.25, 0.3) is 0 Å². The lowest BCUT2D eigenvalue weighted by atomic mass is 9.63. The van der Waals surface area contributed by atoms with Crippen molar-refractivity contribution in [1.82, 2.24) is 5.32 Å². The number of methoxy groups -OCH3 is 1. The predicted octanol–water partition coefficient (Wildman–Crippen LogP) is 3.05. The van der Waals surface area contributed by atoms with Gasteiger partial charge in [0.2, 0.25) is 0 Å². The third-order valence-electron chi connectivity index (χ3n) is 4.85. The van der Waals surface area contributed by atoms with Gasteiger partial charge in [-0.3, -0.25) is 4.79 Å². The zero-order valence-corrected chi connectivity index (χ0v) is 12.9. The van der Waals surface area contributed by atoms with Crippen LogP contribution < -0.4 is 10.1 Å². The van der Waals surface area contributed by atoms with E-state index in [0.717, 1.165) is 30.6 Å². The number of carbonyl (C=O) groups is 2. The Morgan fingerprint density at radius 2 is 1.95 bits per heavy atom. The number of nitrogens with one attached hydrogen (secondary N) is 1. The minimum atomic E-state index is -0.694. The molecule has 1 fully saturated rings. The van der Waals surface area contributed by atoms with Crippen LogP contribution in [0.3, 0.4) is 0 Å². The first kappa shape index (κ1) is 14.8. The summed E-state index contributed by atoms with van der Waals surface area (Å²) < 4.78 is 5.18. The van der Waals surface area contributed by atoms with Gasteiger partial charge in [-0.2, -0.15) is 0 Å². The Kier molecular flexibility index (Phi) is 3.72. The van der Waals surface area contributed by atoms with Gasteiger partial charge in [-0.1, -0.05) is 18.6 Å². The van der Waals surface area contributed by atoms with Crippen LogP contribution in [0.2, 0.25) is 0 Å². The minimum Gasteiger partial charge on any atom is -0.497 e. The van der Waals surface area contributed by atoms with Crippen molar-refractivity contribution in [1.29, 1.82) is 0 Å². The number of ketones is 1. The van der Waals surface area contributed by atoms with Crippen molar-refractivity contribution in [3.8, 4) is 5.75 Å². The Balaban J connectivity index is 2.07. The molecule has 1 aliphatic carbocycles. The number of rotatable bonds is 2. The van der Waals surface area contributed by atoms with Gasteiger partial charge in [0.1, 0.15) is 11.5 Å². The van der Waals surface area contributed by atoms with Crippen LogP contribution in [0.25, 0.3) is 0 Å². The van der Waals surface area contributed by atoms with Gasteiger partial charge in [0, 0.05) is 12.1 Å². The lowest BCUT2D eigenvalue weighted by molar-refractivity contribution is -0.128. The van der Waals surface area contributed by atoms with Crippen molar-refractivity contribution < 1.29 is 14.3 Å². The number of ether oxygens (including phenoxy) is 1. The summed E-state index contributed by atoms with van der Waals surface area (Å²) in [5, 5.41) is 2.90. The first-order valence-electron chi connectivity index (χ1n) is 7.61. The SMILES string of the molecule is COc1ccc(C2NC(=O)N=C(C)C23CCCCC3=O)cc1. The van der Waals surface area contributed by atoms with Crippen LogP contribution in [-0.2, 0) is 4.79 Å². The first-order valence-corrected chi connectivity index (χ1v) is 7.61. The standard InChI is InChI=1S/C17H20N2O3/c1-11-17(10-4-3-5-14(17)20)15(19-16(21)18-11)12-6-8-13(22-2)9-7-12/h6-9,15H,3-5,10H2,1-2H3,(H,19,21). The van der Waals surface area contributed by atoms with Gasteiger partial charge >= 0.3 is 6.03 Å².